The molecule has 0 radical (unpaired) electrons. The van der Waals surface area contributed by atoms with Crippen LogP contribution in [0.4, 0.5) is 8.78 Å². The Labute approximate surface area is 117 Å². The van der Waals surface area contributed by atoms with Crippen LogP contribution < -0.4 is 10.5 Å². The highest BCUT2D eigenvalue weighted by Crippen LogP contribution is 2.31. The Morgan fingerprint density at radius 3 is 2.25 bits per heavy atom. The number of benzene rings is 2. The molecule has 0 aliphatic carbocycles. The topological polar surface area (TPSA) is 35.2 Å². The normalized spacial score (nSPS) is 12.3. The van der Waals surface area contributed by atoms with Crippen molar-refractivity contribution in [2.24, 2.45) is 5.73 Å². The summed E-state index contributed by atoms with van der Waals surface area (Å²) < 4.78 is 32.6. The number of hydrogen-bond donors (Lipinski definition) is 1. The third-order valence-electron chi connectivity index (χ3n) is 3.14. The van der Waals surface area contributed by atoms with Gasteiger partial charge >= 0.3 is 0 Å². The van der Waals surface area contributed by atoms with Crippen molar-refractivity contribution < 1.29 is 13.5 Å². The molecule has 0 aliphatic heterocycles. The lowest BCUT2D eigenvalue weighted by Crippen LogP contribution is -2.08. The maximum absolute atomic E-state index is 13.6. The minimum absolute atomic E-state index is 0.292. The Bertz CT molecular complexity index is 639. The highest BCUT2D eigenvalue weighted by Gasteiger charge is 2.13. The van der Waals surface area contributed by atoms with Gasteiger partial charge in [-0.15, -0.1) is 0 Å². The maximum atomic E-state index is 13.6. The van der Waals surface area contributed by atoms with Gasteiger partial charge in [0.1, 0.15) is 23.1 Å². The third-order valence-corrected chi connectivity index (χ3v) is 3.14. The van der Waals surface area contributed by atoms with Crippen LogP contribution in [0.3, 0.4) is 0 Å². The van der Waals surface area contributed by atoms with E-state index >= 15 is 0 Å². The quantitative estimate of drug-likeness (QED) is 0.902. The first-order chi connectivity index (χ1) is 9.38. The second-order valence-electron chi connectivity index (χ2n) is 4.94. The largest absolute Gasteiger partial charge is 0.457 e. The van der Waals surface area contributed by atoms with Gasteiger partial charge in [0.25, 0.3) is 0 Å². The predicted octanol–water partition coefficient (Wildman–Crippen LogP) is 4.39. The zero-order valence-electron chi connectivity index (χ0n) is 11.7. The predicted molar refractivity (Wildman–Crippen MR) is 75.0 cm³/mol. The second-order valence-corrected chi connectivity index (χ2v) is 4.94. The molecule has 4 heteroatoms. The van der Waals surface area contributed by atoms with Gasteiger partial charge in [-0.25, -0.2) is 8.78 Å². The van der Waals surface area contributed by atoms with Gasteiger partial charge < -0.3 is 10.5 Å². The molecule has 0 aromatic heterocycles. The molecule has 106 valence electrons. The van der Waals surface area contributed by atoms with Crippen molar-refractivity contribution in [1.29, 1.82) is 0 Å². The molecule has 1 atom stereocenters. The van der Waals surface area contributed by atoms with Crippen molar-refractivity contribution in [2.45, 2.75) is 26.8 Å². The zero-order valence-corrected chi connectivity index (χ0v) is 11.7. The van der Waals surface area contributed by atoms with Gasteiger partial charge in [0.2, 0.25) is 0 Å². The van der Waals surface area contributed by atoms with Crippen LogP contribution in [0.2, 0.25) is 0 Å². The summed E-state index contributed by atoms with van der Waals surface area (Å²) in [6, 6.07) is 7.09. The number of nitrogens with two attached hydrogens (primary N) is 1. The lowest BCUT2D eigenvalue weighted by Gasteiger charge is -2.15. The molecule has 0 heterocycles. The molecule has 20 heavy (non-hydrogen) atoms. The van der Waals surface area contributed by atoms with Crippen LogP contribution in [0.5, 0.6) is 11.5 Å². The Morgan fingerprint density at radius 1 is 1.00 bits per heavy atom. The van der Waals surface area contributed by atoms with Crippen LogP contribution in [-0.4, -0.2) is 0 Å². The third kappa shape index (κ3) is 2.96. The lowest BCUT2D eigenvalue weighted by atomic mass is 10.0. The van der Waals surface area contributed by atoms with Crippen molar-refractivity contribution in [2.75, 3.05) is 0 Å². The van der Waals surface area contributed by atoms with Gasteiger partial charge in [-0.1, -0.05) is 0 Å². The van der Waals surface area contributed by atoms with E-state index in [9.17, 15) is 8.78 Å². The molecule has 2 aromatic rings. The number of hydrogen-bond acceptors (Lipinski definition) is 2. The monoisotopic (exact) mass is 277 g/mol. The van der Waals surface area contributed by atoms with Crippen LogP contribution in [0.15, 0.2) is 30.3 Å². The summed E-state index contributed by atoms with van der Waals surface area (Å²) in [5.41, 5.74) is 7.38. The van der Waals surface area contributed by atoms with Gasteiger partial charge in [0.15, 0.2) is 0 Å². The van der Waals surface area contributed by atoms with E-state index in [1.54, 1.807) is 32.9 Å². The van der Waals surface area contributed by atoms with Crippen LogP contribution in [0.1, 0.15) is 29.7 Å². The van der Waals surface area contributed by atoms with E-state index in [-0.39, 0.29) is 17.7 Å². The van der Waals surface area contributed by atoms with Gasteiger partial charge in [-0.3, -0.25) is 0 Å². The fourth-order valence-corrected chi connectivity index (χ4v) is 1.92. The van der Waals surface area contributed by atoms with Crippen molar-refractivity contribution in [3.63, 3.8) is 0 Å². The average molecular weight is 277 g/mol. The van der Waals surface area contributed by atoms with E-state index < -0.39 is 0 Å². The average Bonchev–Trinajstić information content (AvgIpc) is 2.37. The smallest absolute Gasteiger partial charge is 0.132 e. The Balaban J connectivity index is 2.41. The van der Waals surface area contributed by atoms with E-state index in [4.69, 9.17) is 10.5 Å². The van der Waals surface area contributed by atoms with E-state index in [0.717, 1.165) is 0 Å². The van der Waals surface area contributed by atoms with Gasteiger partial charge in [-0.05, 0) is 62.2 Å². The van der Waals surface area contributed by atoms with Crippen LogP contribution >= 0.6 is 0 Å². The second kappa shape index (κ2) is 5.59. The zero-order chi connectivity index (χ0) is 14.9. The van der Waals surface area contributed by atoms with Crippen LogP contribution in [-0.2, 0) is 0 Å². The molecule has 0 spiro atoms. The SMILES string of the molecule is Cc1cc(Oc2cc(C)c(F)cc2[C@@H](C)N)ccc1F. The van der Waals surface area contributed by atoms with Crippen molar-refractivity contribution >= 4 is 0 Å². The minimum atomic E-state index is -0.360. The summed E-state index contributed by atoms with van der Waals surface area (Å²) in [5.74, 6) is 0.377. The molecule has 2 N–H and O–H groups in total. The van der Waals surface area contributed by atoms with E-state index in [0.29, 0.717) is 28.2 Å². The summed E-state index contributed by atoms with van der Waals surface area (Å²) >= 11 is 0. The van der Waals surface area contributed by atoms with Gasteiger partial charge in [0.05, 0.1) is 0 Å². The first-order valence-corrected chi connectivity index (χ1v) is 6.38. The molecular weight excluding hydrogens is 260 g/mol. The molecule has 0 saturated heterocycles. The van der Waals surface area contributed by atoms with Gasteiger partial charge in [-0.2, -0.15) is 0 Å². The molecule has 0 fully saturated rings. The van der Waals surface area contributed by atoms with Crippen molar-refractivity contribution in [3.8, 4) is 11.5 Å². The van der Waals surface area contributed by atoms with Crippen molar-refractivity contribution in [3.05, 3.63) is 58.7 Å². The molecule has 0 amide bonds. The number of ether oxygens (including phenoxy) is 1. The summed E-state index contributed by atoms with van der Waals surface area (Å²) in [6.07, 6.45) is 0. The minimum Gasteiger partial charge on any atom is -0.457 e. The van der Waals surface area contributed by atoms with Gasteiger partial charge in [0, 0.05) is 11.6 Å². The molecule has 2 nitrogen and oxygen atoms in total. The molecule has 0 bridgehead atoms. The summed E-state index contributed by atoms with van der Waals surface area (Å²) in [4.78, 5) is 0. The highest BCUT2D eigenvalue weighted by molar-refractivity contribution is 5.43. The van der Waals surface area contributed by atoms with Crippen LogP contribution in [0.25, 0.3) is 0 Å². The summed E-state index contributed by atoms with van der Waals surface area (Å²) in [6.45, 7) is 5.07. The molecule has 0 unspecified atom stereocenters. The number of halogens is 2. The molecule has 2 rings (SSSR count). The number of rotatable bonds is 3. The fraction of sp³-hybridized carbons (Fsp3) is 0.250. The Hall–Kier alpha value is -1.94. The molecule has 0 aliphatic rings. The number of aryl methyl sites for hydroxylation is 2. The lowest BCUT2D eigenvalue weighted by molar-refractivity contribution is 0.466. The molecule has 2 aromatic carbocycles. The summed E-state index contributed by atoms with van der Waals surface area (Å²) in [5, 5.41) is 0. The van der Waals surface area contributed by atoms with E-state index in [2.05, 4.69) is 0 Å². The van der Waals surface area contributed by atoms with Crippen LogP contribution in [0, 0.1) is 25.5 Å². The van der Waals surface area contributed by atoms with E-state index in [1.807, 2.05) is 0 Å². The first-order valence-electron chi connectivity index (χ1n) is 6.38. The summed E-state index contributed by atoms with van der Waals surface area (Å²) in [7, 11) is 0. The Kier molecular flexibility index (Phi) is 4.04. The van der Waals surface area contributed by atoms with E-state index in [1.165, 1.54) is 18.2 Å². The fourth-order valence-electron chi connectivity index (χ4n) is 1.92. The Morgan fingerprint density at radius 2 is 1.65 bits per heavy atom. The highest BCUT2D eigenvalue weighted by atomic mass is 19.1. The molecule has 0 saturated carbocycles. The standard InChI is InChI=1S/C16H17F2NO/c1-9-6-12(4-5-14(9)17)20-16-7-10(2)15(18)8-13(16)11(3)19/h4-8,11H,19H2,1-3H3/t11-/m1/s1. The molecular formula is C16H17F2NO. The first kappa shape index (κ1) is 14.5. The maximum Gasteiger partial charge on any atom is 0.132 e. The van der Waals surface area contributed by atoms with Crippen molar-refractivity contribution in [1.82, 2.24) is 0 Å².